The van der Waals surface area contributed by atoms with E-state index in [1.807, 2.05) is 0 Å². The Kier molecular flexibility index (Phi) is 3.68. The lowest BCUT2D eigenvalue weighted by molar-refractivity contribution is 0.120. The lowest BCUT2D eigenvalue weighted by Gasteiger charge is -2.39. The Morgan fingerprint density at radius 2 is 1.72 bits per heavy atom. The molecule has 2 heteroatoms. The van der Waals surface area contributed by atoms with Crippen molar-refractivity contribution in [3.8, 4) is 0 Å². The highest BCUT2D eigenvalue weighted by atomic mass is 15.2. The topological polar surface area (TPSA) is 15.3 Å². The average Bonchev–Trinajstić information content (AvgIpc) is 3.26. The second kappa shape index (κ2) is 5.13. The molecular formula is C16H30N2. The van der Waals surface area contributed by atoms with Crippen molar-refractivity contribution in [1.82, 2.24) is 10.2 Å². The predicted octanol–water partition coefficient (Wildman–Crippen LogP) is 3.03. The molecule has 18 heavy (non-hydrogen) atoms. The molecule has 0 aromatic heterocycles. The molecule has 0 aromatic rings. The first-order chi connectivity index (χ1) is 8.78. The van der Waals surface area contributed by atoms with Gasteiger partial charge < -0.3 is 5.32 Å². The molecule has 0 aromatic carbocycles. The van der Waals surface area contributed by atoms with Crippen LogP contribution in [0.25, 0.3) is 0 Å². The highest BCUT2D eigenvalue weighted by molar-refractivity contribution is 5.01. The second-order valence-electron chi connectivity index (χ2n) is 6.90. The smallest absolute Gasteiger partial charge is 0.0303 e. The number of hydrogen-bond donors (Lipinski definition) is 1. The first kappa shape index (κ1) is 12.9. The predicted molar refractivity (Wildman–Crippen MR) is 76.7 cm³/mol. The minimum Gasteiger partial charge on any atom is -0.310 e. The Balaban J connectivity index is 1.72. The SMILES string of the molecule is CCC1(CC)CN(C(C2CC2)C2CC2)CCCN1. The van der Waals surface area contributed by atoms with Crippen molar-refractivity contribution < 1.29 is 0 Å². The zero-order valence-corrected chi connectivity index (χ0v) is 12.3. The average molecular weight is 250 g/mol. The van der Waals surface area contributed by atoms with Crippen LogP contribution in [-0.2, 0) is 0 Å². The van der Waals surface area contributed by atoms with Crippen LogP contribution in [0.5, 0.6) is 0 Å². The summed E-state index contributed by atoms with van der Waals surface area (Å²) >= 11 is 0. The van der Waals surface area contributed by atoms with Gasteiger partial charge >= 0.3 is 0 Å². The Morgan fingerprint density at radius 3 is 2.22 bits per heavy atom. The van der Waals surface area contributed by atoms with Gasteiger partial charge in [-0.15, -0.1) is 0 Å². The second-order valence-corrected chi connectivity index (χ2v) is 6.90. The first-order valence-corrected chi connectivity index (χ1v) is 8.27. The molecule has 1 saturated heterocycles. The van der Waals surface area contributed by atoms with E-state index in [0.29, 0.717) is 5.54 Å². The lowest BCUT2D eigenvalue weighted by Crippen LogP contribution is -2.53. The van der Waals surface area contributed by atoms with Crippen molar-refractivity contribution in [2.24, 2.45) is 11.8 Å². The maximum atomic E-state index is 3.86. The highest BCUT2D eigenvalue weighted by Crippen LogP contribution is 2.47. The van der Waals surface area contributed by atoms with E-state index in [2.05, 4.69) is 24.1 Å². The fraction of sp³-hybridized carbons (Fsp3) is 1.00. The normalized spacial score (nSPS) is 29.5. The van der Waals surface area contributed by atoms with Crippen LogP contribution in [0.15, 0.2) is 0 Å². The number of rotatable bonds is 5. The highest BCUT2D eigenvalue weighted by Gasteiger charge is 2.46. The van der Waals surface area contributed by atoms with E-state index in [1.165, 1.54) is 64.6 Å². The molecule has 2 nitrogen and oxygen atoms in total. The minimum absolute atomic E-state index is 0.401. The van der Waals surface area contributed by atoms with Gasteiger partial charge in [0.25, 0.3) is 0 Å². The summed E-state index contributed by atoms with van der Waals surface area (Å²) in [4.78, 5) is 2.89. The molecule has 2 aliphatic carbocycles. The van der Waals surface area contributed by atoms with Crippen LogP contribution in [0.1, 0.15) is 58.8 Å². The molecule has 3 aliphatic rings. The molecule has 1 aliphatic heterocycles. The van der Waals surface area contributed by atoms with E-state index in [-0.39, 0.29) is 0 Å². The van der Waals surface area contributed by atoms with Gasteiger partial charge in [0.2, 0.25) is 0 Å². The fourth-order valence-corrected chi connectivity index (χ4v) is 3.99. The molecule has 0 unspecified atom stereocenters. The first-order valence-electron chi connectivity index (χ1n) is 8.27. The molecule has 0 spiro atoms. The summed E-state index contributed by atoms with van der Waals surface area (Å²) in [6, 6.07) is 0.947. The molecule has 0 bridgehead atoms. The van der Waals surface area contributed by atoms with E-state index < -0.39 is 0 Å². The maximum Gasteiger partial charge on any atom is 0.0303 e. The van der Waals surface area contributed by atoms with Gasteiger partial charge in [-0.25, -0.2) is 0 Å². The third-order valence-electron chi connectivity index (χ3n) is 5.61. The van der Waals surface area contributed by atoms with E-state index in [1.54, 1.807) is 0 Å². The Morgan fingerprint density at radius 1 is 1.11 bits per heavy atom. The van der Waals surface area contributed by atoms with E-state index >= 15 is 0 Å². The lowest BCUT2D eigenvalue weighted by atomic mass is 9.91. The Labute approximate surface area is 113 Å². The molecule has 1 N–H and O–H groups in total. The van der Waals surface area contributed by atoms with Crippen molar-refractivity contribution in [1.29, 1.82) is 0 Å². The van der Waals surface area contributed by atoms with Crippen molar-refractivity contribution in [3.05, 3.63) is 0 Å². The molecule has 104 valence electrons. The van der Waals surface area contributed by atoms with Crippen molar-refractivity contribution >= 4 is 0 Å². The number of nitrogens with zero attached hydrogens (tertiary/aromatic N) is 1. The maximum absolute atomic E-state index is 3.86. The molecule has 1 heterocycles. The molecular weight excluding hydrogens is 220 g/mol. The summed E-state index contributed by atoms with van der Waals surface area (Å²) in [6.07, 6.45) is 9.95. The van der Waals surface area contributed by atoms with Gasteiger partial charge in [-0.3, -0.25) is 4.90 Å². The molecule has 0 atom stereocenters. The van der Waals surface area contributed by atoms with Crippen molar-refractivity contribution in [2.45, 2.75) is 70.4 Å². The third-order valence-corrected chi connectivity index (χ3v) is 5.61. The van der Waals surface area contributed by atoms with Gasteiger partial charge in [0.15, 0.2) is 0 Å². The molecule has 2 saturated carbocycles. The largest absolute Gasteiger partial charge is 0.310 e. The van der Waals surface area contributed by atoms with Crippen LogP contribution < -0.4 is 5.32 Å². The zero-order valence-electron chi connectivity index (χ0n) is 12.3. The van der Waals surface area contributed by atoms with Crippen LogP contribution in [0.2, 0.25) is 0 Å². The molecule has 0 amide bonds. The van der Waals surface area contributed by atoms with E-state index in [4.69, 9.17) is 0 Å². The van der Waals surface area contributed by atoms with Gasteiger partial charge in [-0.1, -0.05) is 13.8 Å². The van der Waals surface area contributed by atoms with Crippen molar-refractivity contribution in [3.63, 3.8) is 0 Å². The Bertz CT molecular complexity index is 265. The van der Waals surface area contributed by atoms with Crippen LogP contribution in [0, 0.1) is 11.8 Å². The third kappa shape index (κ3) is 2.60. The van der Waals surface area contributed by atoms with Crippen molar-refractivity contribution in [2.75, 3.05) is 19.6 Å². The summed E-state index contributed by atoms with van der Waals surface area (Å²) in [5, 5.41) is 3.86. The summed E-state index contributed by atoms with van der Waals surface area (Å²) in [5.74, 6) is 2.11. The molecule has 3 fully saturated rings. The van der Waals surface area contributed by atoms with Crippen LogP contribution in [-0.4, -0.2) is 36.1 Å². The molecule has 3 rings (SSSR count). The van der Waals surface area contributed by atoms with Gasteiger partial charge in [0.05, 0.1) is 0 Å². The number of nitrogens with one attached hydrogen (secondary N) is 1. The number of hydrogen-bond acceptors (Lipinski definition) is 2. The minimum atomic E-state index is 0.401. The monoisotopic (exact) mass is 250 g/mol. The summed E-state index contributed by atoms with van der Waals surface area (Å²) < 4.78 is 0. The fourth-order valence-electron chi connectivity index (χ4n) is 3.99. The Hall–Kier alpha value is -0.0800. The summed E-state index contributed by atoms with van der Waals surface area (Å²) in [6.45, 7) is 8.59. The van der Waals surface area contributed by atoms with Gasteiger partial charge in [0.1, 0.15) is 0 Å². The van der Waals surface area contributed by atoms with Gasteiger partial charge in [-0.05, 0) is 69.9 Å². The quantitative estimate of drug-likeness (QED) is 0.807. The van der Waals surface area contributed by atoms with Crippen LogP contribution in [0.3, 0.4) is 0 Å². The zero-order chi connectivity index (χ0) is 12.6. The summed E-state index contributed by atoms with van der Waals surface area (Å²) in [5.41, 5.74) is 0.401. The van der Waals surface area contributed by atoms with E-state index in [9.17, 15) is 0 Å². The van der Waals surface area contributed by atoms with Crippen LogP contribution >= 0.6 is 0 Å². The molecule has 0 radical (unpaired) electrons. The standard InChI is InChI=1S/C16H30N2/c1-3-16(4-2)12-18(11-5-10-17-16)15(13-6-7-13)14-8-9-14/h13-15,17H,3-12H2,1-2H3. The van der Waals surface area contributed by atoms with Gasteiger partial charge in [0, 0.05) is 18.1 Å². The van der Waals surface area contributed by atoms with Crippen LogP contribution in [0.4, 0.5) is 0 Å². The van der Waals surface area contributed by atoms with E-state index in [0.717, 1.165) is 17.9 Å². The summed E-state index contributed by atoms with van der Waals surface area (Å²) in [7, 11) is 0. The van der Waals surface area contributed by atoms with Gasteiger partial charge in [-0.2, -0.15) is 0 Å².